The van der Waals surface area contributed by atoms with Gasteiger partial charge in [0.1, 0.15) is 10.8 Å². The molecule has 19 heavy (non-hydrogen) atoms. The Morgan fingerprint density at radius 2 is 2.05 bits per heavy atom. The van der Waals surface area contributed by atoms with Crippen molar-refractivity contribution in [2.45, 2.75) is 27.3 Å². The number of aryl methyl sites for hydroxylation is 1. The minimum Gasteiger partial charge on any atom is -0.389 e. The third-order valence-electron chi connectivity index (χ3n) is 3.39. The number of nitrogens with two attached hydrogens (primary N) is 1. The lowest BCUT2D eigenvalue weighted by Crippen LogP contribution is -2.12. The summed E-state index contributed by atoms with van der Waals surface area (Å²) in [5.74, 6) is -0.273. The number of halogens is 1. The molecular weight excluding hydrogens is 261 g/mol. The Kier molecular flexibility index (Phi) is 3.66. The average molecular weight is 277 g/mol. The van der Waals surface area contributed by atoms with Gasteiger partial charge >= 0.3 is 0 Å². The van der Waals surface area contributed by atoms with Crippen LogP contribution in [-0.4, -0.2) is 14.8 Å². The second-order valence-corrected chi connectivity index (χ2v) is 5.06. The molecule has 0 radical (unpaired) electrons. The van der Waals surface area contributed by atoms with Crippen LogP contribution in [0.3, 0.4) is 0 Å². The number of nitrogens with zero attached hydrogens (tertiary/aromatic N) is 2. The molecule has 0 saturated heterocycles. The van der Waals surface area contributed by atoms with Gasteiger partial charge < -0.3 is 5.73 Å². The van der Waals surface area contributed by atoms with Crippen molar-refractivity contribution in [2.24, 2.45) is 5.73 Å². The van der Waals surface area contributed by atoms with Gasteiger partial charge in [-0.05, 0) is 44.5 Å². The van der Waals surface area contributed by atoms with Gasteiger partial charge in [-0.25, -0.2) is 4.39 Å². The molecule has 1 heterocycles. The first-order valence-electron chi connectivity index (χ1n) is 5.99. The van der Waals surface area contributed by atoms with E-state index in [1.807, 2.05) is 20.8 Å². The number of hydrogen-bond acceptors (Lipinski definition) is 2. The summed E-state index contributed by atoms with van der Waals surface area (Å²) in [7, 11) is 0. The predicted octanol–water partition coefficient (Wildman–Crippen LogP) is 2.63. The van der Waals surface area contributed by atoms with E-state index < -0.39 is 0 Å². The molecule has 2 rings (SSSR count). The fourth-order valence-electron chi connectivity index (χ4n) is 1.95. The maximum absolute atomic E-state index is 13.8. The highest BCUT2D eigenvalue weighted by Gasteiger charge is 2.11. The molecule has 0 atom stereocenters. The van der Waals surface area contributed by atoms with E-state index in [-0.39, 0.29) is 10.8 Å². The SMILES string of the molecule is Cc1nn(Cc2cc(C(N)=S)ccc2F)c(C)c1C. The van der Waals surface area contributed by atoms with E-state index in [4.69, 9.17) is 18.0 Å². The number of rotatable bonds is 3. The molecule has 0 spiro atoms. The van der Waals surface area contributed by atoms with Gasteiger partial charge in [0.2, 0.25) is 0 Å². The fourth-order valence-corrected chi connectivity index (χ4v) is 2.08. The van der Waals surface area contributed by atoms with Gasteiger partial charge in [-0.3, -0.25) is 4.68 Å². The van der Waals surface area contributed by atoms with Crippen molar-refractivity contribution in [3.63, 3.8) is 0 Å². The summed E-state index contributed by atoms with van der Waals surface area (Å²) in [5, 5.41) is 4.41. The molecule has 0 amide bonds. The van der Waals surface area contributed by atoms with Crippen molar-refractivity contribution in [3.8, 4) is 0 Å². The zero-order valence-electron chi connectivity index (χ0n) is 11.2. The Morgan fingerprint density at radius 3 is 2.58 bits per heavy atom. The van der Waals surface area contributed by atoms with Crippen molar-refractivity contribution >= 4 is 17.2 Å². The molecule has 2 N–H and O–H groups in total. The van der Waals surface area contributed by atoms with E-state index in [1.165, 1.54) is 6.07 Å². The van der Waals surface area contributed by atoms with E-state index >= 15 is 0 Å². The minimum absolute atomic E-state index is 0.269. The monoisotopic (exact) mass is 277 g/mol. The van der Waals surface area contributed by atoms with Crippen molar-refractivity contribution in [2.75, 3.05) is 0 Å². The largest absolute Gasteiger partial charge is 0.389 e. The Labute approximate surface area is 117 Å². The molecule has 0 unspecified atom stereocenters. The molecule has 3 nitrogen and oxygen atoms in total. The topological polar surface area (TPSA) is 43.8 Å². The summed E-state index contributed by atoms with van der Waals surface area (Å²) in [6.07, 6.45) is 0. The van der Waals surface area contributed by atoms with Gasteiger partial charge in [-0.15, -0.1) is 0 Å². The van der Waals surface area contributed by atoms with Gasteiger partial charge in [-0.2, -0.15) is 5.10 Å². The first-order valence-corrected chi connectivity index (χ1v) is 6.40. The Balaban J connectivity index is 2.40. The van der Waals surface area contributed by atoms with Crippen LogP contribution in [-0.2, 0) is 6.54 Å². The number of benzene rings is 1. The highest BCUT2D eigenvalue weighted by atomic mass is 32.1. The Hall–Kier alpha value is -1.75. The molecule has 1 aromatic carbocycles. The van der Waals surface area contributed by atoms with Crippen LogP contribution in [0.5, 0.6) is 0 Å². The molecule has 0 fully saturated rings. The van der Waals surface area contributed by atoms with Crippen LogP contribution in [0.15, 0.2) is 18.2 Å². The Bertz CT molecular complexity index is 646. The molecule has 1 aromatic heterocycles. The average Bonchev–Trinajstić information content (AvgIpc) is 2.59. The number of hydrogen-bond donors (Lipinski definition) is 1. The van der Waals surface area contributed by atoms with Crippen LogP contribution in [0, 0.1) is 26.6 Å². The quantitative estimate of drug-likeness (QED) is 0.877. The lowest BCUT2D eigenvalue weighted by atomic mass is 10.1. The summed E-state index contributed by atoms with van der Waals surface area (Å²) in [6, 6.07) is 4.67. The van der Waals surface area contributed by atoms with E-state index in [0.717, 1.165) is 17.0 Å². The van der Waals surface area contributed by atoms with Gasteiger partial charge in [0.25, 0.3) is 0 Å². The third kappa shape index (κ3) is 2.66. The second-order valence-electron chi connectivity index (χ2n) is 4.62. The molecule has 100 valence electrons. The number of thiocarbonyl (C=S) groups is 1. The Morgan fingerprint density at radius 1 is 1.37 bits per heavy atom. The highest BCUT2D eigenvalue weighted by molar-refractivity contribution is 7.80. The van der Waals surface area contributed by atoms with Crippen LogP contribution >= 0.6 is 12.2 Å². The fraction of sp³-hybridized carbons (Fsp3) is 0.286. The molecule has 0 aliphatic heterocycles. The molecular formula is C14H16FN3S. The van der Waals surface area contributed by atoms with Crippen LogP contribution in [0.1, 0.15) is 28.1 Å². The van der Waals surface area contributed by atoms with Gasteiger partial charge in [0, 0.05) is 16.8 Å². The van der Waals surface area contributed by atoms with Crippen molar-refractivity contribution in [1.29, 1.82) is 0 Å². The molecule has 2 aromatic rings. The molecule has 0 aliphatic rings. The lowest BCUT2D eigenvalue weighted by molar-refractivity contribution is 0.578. The summed E-state index contributed by atoms with van der Waals surface area (Å²) in [5.41, 5.74) is 9.91. The predicted molar refractivity (Wildman–Crippen MR) is 77.8 cm³/mol. The van der Waals surface area contributed by atoms with Crippen molar-refractivity contribution < 1.29 is 4.39 Å². The molecule has 5 heteroatoms. The summed E-state index contributed by atoms with van der Waals surface area (Å²) < 4.78 is 15.6. The van der Waals surface area contributed by atoms with Crippen LogP contribution < -0.4 is 5.73 Å². The maximum Gasteiger partial charge on any atom is 0.128 e. The van der Waals surface area contributed by atoms with Gasteiger partial charge in [0.05, 0.1) is 12.2 Å². The van der Waals surface area contributed by atoms with Gasteiger partial charge in [0.15, 0.2) is 0 Å². The maximum atomic E-state index is 13.8. The summed E-state index contributed by atoms with van der Waals surface area (Å²) in [4.78, 5) is 0.269. The summed E-state index contributed by atoms with van der Waals surface area (Å²) >= 11 is 4.91. The molecule has 0 saturated carbocycles. The minimum atomic E-state index is -0.273. The van der Waals surface area contributed by atoms with Crippen LogP contribution in [0.4, 0.5) is 4.39 Å². The van der Waals surface area contributed by atoms with E-state index in [1.54, 1.807) is 16.8 Å². The van der Waals surface area contributed by atoms with Crippen molar-refractivity contribution in [1.82, 2.24) is 9.78 Å². The first kappa shape index (κ1) is 13.7. The molecule has 0 aliphatic carbocycles. The normalized spacial score (nSPS) is 10.7. The third-order valence-corrected chi connectivity index (χ3v) is 3.63. The summed E-state index contributed by atoms with van der Waals surface area (Å²) in [6.45, 7) is 6.31. The lowest BCUT2D eigenvalue weighted by Gasteiger charge is -2.08. The number of aromatic nitrogens is 2. The smallest absolute Gasteiger partial charge is 0.128 e. The zero-order valence-corrected chi connectivity index (χ0v) is 12.0. The zero-order chi connectivity index (χ0) is 14.2. The van der Waals surface area contributed by atoms with Crippen LogP contribution in [0.2, 0.25) is 0 Å². The van der Waals surface area contributed by atoms with E-state index in [9.17, 15) is 4.39 Å². The van der Waals surface area contributed by atoms with Crippen molar-refractivity contribution in [3.05, 3.63) is 52.1 Å². The standard InChI is InChI=1S/C14H16FN3S/c1-8-9(2)17-18(10(8)3)7-12-6-11(14(16)19)4-5-13(12)15/h4-6H,7H2,1-3H3,(H2,16,19). The highest BCUT2D eigenvalue weighted by Crippen LogP contribution is 2.16. The second kappa shape index (κ2) is 5.09. The van der Waals surface area contributed by atoms with Gasteiger partial charge in [-0.1, -0.05) is 12.2 Å². The van der Waals surface area contributed by atoms with E-state index in [0.29, 0.717) is 17.7 Å². The van der Waals surface area contributed by atoms with E-state index in [2.05, 4.69) is 5.10 Å². The first-order chi connectivity index (χ1) is 8.90. The molecule has 0 bridgehead atoms. The van der Waals surface area contributed by atoms with Crippen LogP contribution in [0.25, 0.3) is 0 Å².